The third kappa shape index (κ3) is 3.70. The molecule has 7 nitrogen and oxygen atoms in total. The molecule has 2 aromatic heterocycles. The molecule has 0 aliphatic carbocycles. The normalized spacial score (nSPS) is 10.6. The molecule has 134 valence electrons. The number of carbonyl (C=O) groups is 1. The van der Waals surface area contributed by atoms with E-state index in [-0.39, 0.29) is 11.5 Å². The molecule has 0 atom stereocenters. The maximum absolute atomic E-state index is 12.6. The highest BCUT2D eigenvalue weighted by Crippen LogP contribution is 2.27. The summed E-state index contributed by atoms with van der Waals surface area (Å²) in [6.07, 6.45) is 3.41. The Hall–Kier alpha value is -2.87. The molecule has 26 heavy (non-hydrogen) atoms. The maximum atomic E-state index is 12.6. The number of methoxy groups -OCH3 is 2. The van der Waals surface area contributed by atoms with Crippen molar-refractivity contribution < 1.29 is 14.3 Å². The van der Waals surface area contributed by atoms with E-state index in [4.69, 9.17) is 9.47 Å². The third-order valence-corrected chi connectivity index (χ3v) is 4.84. The van der Waals surface area contributed by atoms with E-state index in [0.29, 0.717) is 22.2 Å². The molecule has 0 unspecified atom stereocenters. The third-order valence-electron chi connectivity index (χ3n) is 3.81. The summed E-state index contributed by atoms with van der Waals surface area (Å²) in [6, 6.07) is 8.88. The summed E-state index contributed by atoms with van der Waals surface area (Å²) in [7, 11) is 4.97. The second-order valence-corrected chi connectivity index (χ2v) is 6.32. The minimum Gasteiger partial charge on any atom is -0.497 e. The summed E-state index contributed by atoms with van der Waals surface area (Å²) in [4.78, 5) is 16.6. The zero-order valence-electron chi connectivity index (χ0n) is 14.7. The van der Waals surface area contributed by atoms with Gasteiger partial charge in [0.1, 0.15) is 11.5 Å². The largest absolute Gasteiger partial charge is 0.497 e. The molecule has 0 aliphatic rings. The van der Waals surface area contributed by atoms with Crippen molar-refractivity contribution in [2.45, 2.75) is 5.16 Å². The average Bonchev–Trinajstić information content (AvgIpc) is 3.06. The van der Waals surface area contributed by atoms with Gasteiger partial charge < -0.3 is 14.0 Å². The molecule has 0 saturated carbocycles. The predicted molar refractivity (Wildman–Crippen MR) is 98.8 cm³/mol. The minimum absolute atomic E-state index is 0.0528. The predicted octanol–water partition coefficient (Wildman–Crippen LogP) is 2.87. The molecule has 0 fully saturated rings. The molecule has 0 saturated heterocycles. The second kappa shape index (κ2) is 8.01. The molecule has 0 N–H and O–H groups in total. The zero-order valence-corrected chi connectivity index (χ0v) is 15.5. The van der Waals surface area contributed by atoms with Crippen molar-refractivity contribution in [3.05, 3.63) is 48.3 Å². The lowest BCUT2D eigenvalue weighted by atomic mass is 10.1. The number of hydrogen-bond donors (Lipinski definition) is 0. The number of ketones is 1. The van der Waals surface area contributed by atoms with Gasteiger partial charge in [-0.3, -0.25) is 9.78 Å². The number of Topliss-reactive ketones (excluding diaryl/α,β-unsaturated/α-hetero) is 1. The molecule has 0 bridgehead atoms. The fourth-order valence-electron chi connectivity index (χ4n) is 2.43. The first kappa shape index (κ1) is 17.9. The van der Waals surface area contributed by atoms with Gasteiger partial charge in [-0.05, 0) is 24.3 Å². The Bertz CT molecular complexity index is 912. The lowest BCUT2D eigenvalue weighted by Gasteiger charge is -2.09. The number of aromatic nitrogens is 4. The van der Waals surface area contributed by atoms with Gasteiger partial charge in [0.25, 0.3) is 0 Å². The van der Waals surface area contributed by atoms with E-state index in [0.717, 1.165) is 11.4 Å². The SMILES string of the molecule is COc1ccc(C(=O)CSc2nnc(-c3ccncc3)n2C)c(OC)c1. The molecule has 0 aliphatic heterocycles. The Morgan fingerprint density at radius 3 is 2.58 bits per heavy atom. The van der Waals surface area contributed by atoms with Crippen molar-refractivity contribution >= 4 is 17.5 Å². The maximum Gasteiger partial charge on any atom is 0.191 e. The van der Waals surface area contributed by atoms with Gasteiger partial charge in [0.05, 0.1) is 25.5 Å². The number of nitrogens with zero attached hydrogens (tertiary/aromatic N) is 4. The van der Waals surface area contributed by atoms with Crippen LogP contribution in [0.3, 0.4) is 0 Å². The lowest BCUT2D eigenvalue weighted by molar-refractivity contribution is 0.101. The minimum atomic E-state index is -0.0528. The highest BCUT2D eigenvalue weighted by atomic mass is 32.2. The molecule has 0 radical (unpaired) electrons. The number of carbonyl (C=O) groups excluding carboxylic acids is 1. The van der Waals surface area contributed by atoms with Crippen LogP contribution in [0.2, 0.25) is 0 Å². The Morgan fingerprint density at radius 2 is 1.88 bits per heavy atom. The second-order valence-electron chi connectivity index (χ2n) is 5.38. The first-order chi connectivity index (χ1) is 12.6. The molecule has 1 aromatic carbocycles. The van der Waals surface area contributed by atoms with Gasteiger partial charge in [-0.2, -0.15) is 0 Å². The van der Waals surface area contributed by atoms with Gasteiger partial charge in [-0.25, -0.2) is 0 Å². The monoisotopic (exact) mass is 370 g/mol. The fraction of sp³-hybridized carbons (Fsp3) is 0.222. The Balaban J connectivity index is 1.74. The highest BCUT2D eigenvalue weighted by molar-refractivity contribution is 7.99. The van der Waals surface area contributed by atoms with E-state index in [1.165, 1.54) is 18.9 Å². The molecule has 3 rings (SSSR count). The fourth-order valence-corrected chi connectivity index (χ4v) is 3.22. The summed E-state index contributed by atoms with van der Waals surface area (Å²) in [6.45, 7) is 0. The first-order valence-electron chi connectivity index (χ1n) is 7.82. The molecule has 0 amide bonds. The van der Waals surface area contributed by atoms with Crippen LogP contribution in [-0.4, -0.2) is 45.5 Å². The van der Waals surface area contributed by atoms with Crippen LogP contribution in [0.4, 0.5) is 0 Å². The number of rotatable bonds is 7. The number of benzene rings is 1. The van der Waals surface area contributed by atoms with Gasteiger partial charge in [-0.1, -0.05) is 11.8 Å². The van der Waals surface area contributed by atoms with Crippen LogP contribution in [-0.2, 0) is 7.05 Å². The number of thioether (sulfide) groups is 1. The summed E-state index contributed by atoms with van der Waals surface area (Å²) in [5.41, 5.74) is 1.43. The van der Waals surface area contributed by atoms with Gasteiger partial charge in [0.15, 0.2) is 16.8 Å². The van der Waals surface area contributed by atoms with E-state index in [9.17, 15) is 4.79 Å². The molecule has 3 aromatic rings. The van der Waals surface area contributed by atoms with Crippen molar-refractivity contribution in [1.29, 1.82) is 0 Å². The van der Waals surface area contributed by atoms with E-state index < -0.39 is 0 Å². The summed E-state index contributed by atoms with van der Waals surface area (Å²) in [5.74, 6) is 2.03. The van der Waals surface area contributed by atoms with Gasteiger partial charge in [0, 0.05) is 31.1 Å². The number of pyridine rings is 1. The van der Waals surface area contributed by atoms with Crippen LogP contribution >= 0.6 is 11.8 Å². The Morgan fingerprint density at radius 1 is 1.12 bits per heavy atom. The zero-order chi connectivity index (χ0) is 18.5. The average molecular weight is 370 g/mol. The standard InChI is InChI=1S/C18H18N4O3S/c1-22-17(12-6-8-19-9-7-12)20-21-18(22)26-11-15(23)14-5-4-13(24-2)10-16(14)25-3/h4-10H,11H2,1-3H3. The van der Waals surface area contributed by atoms with Crippen molar-refractivity contribution in [3.63, 3.8) is 0 Å². The molecule has 8 heteroatoms. The molecule has 2 heterocycles. The van der Waals surface area contributed by atoms with Crippen LogP contribution in [0.5, 0.6) is 11.5 Å². The van der Waals surface area contributed by atoms with Gasteiger partial charge >= 0.3 is 0 Å². The Labute approximate surface area is 155 Å². The van der Waals surface area contributed by atoms with Crippen molar-refractivity contribution in [1.82, 2.24) is 19.7 Å². The summed E-state index contributed by atoms with van der Waals surface area (Å²) < 4.78 is 12.3. The van der Waals surface area contributed by atoms with Crippen molar-refractivity contribution in [3.8, 4) is 22.9 Å². The van der Waals surface area contributed by atoms with Crippen LogP contribution in [0.1, 0.15) is 10.4 Å². The number of ether oxygens (including phenoxy) is 2. The molecular weight excluding hydrogens is 352 g/mol. The topological polar surface area (TPSA) is 79.1 Å². The van der Waals surface area contributed by atoms with Crippen LogP contribution in [0.25, 0.3) is 11.4 Å². The van der Waals surface area contributed by atoms with E-state index in [1.807, 2.05) is 23.7 Å². The molecular formula is C18H18N4O3S. The van der Waals surface area contributed by atoms with Crippen LogP contribution < -0.4 is 9.47 Å². The quantitative estimate of drug-likeness (QED) is 0.467. The highest BCUT2D eigenvalue weighted by Gasteiger charge is 2.17. The van der Waals surface area contributed by atoms with Gasteiger partial charge in [-0.15, -0.1) is 10.2 Å². The van der Waals surface area contributed by atoms with E-state index in [2.05, 4.69) is 15.2 Å². The van der Waals surface area contributed by atoms with Gasteiger partial charge in [0.2, 0.25) is 0 Å². The first-order valence-corrected chi connectivity index (χ1v) is 8.80. The summed E-state index contributed by atoms with van der Waals surface area (Å²) in [5, 5.41) is 9.05. The smallest absolute Gasteiger partial charge is 0.191 e. The summed E-state index contributed by atoms with van der Waals surface area (Å²) >= 11 is 1.33. The Kier molecular flexibility index (Phi) is 5.52. The molecule has 0 spiro atoms. The number of hydrogen-bond acceptors (Lipinski definition) is 7. The van der Waals surface area contributed by atoms with Crippen LogP contribution in [0.15, 0.2) is 47.9 Å². The van der Waals surface area contributed by atoms with Crippen LogP contribution in [0, 0.1) is 0 Å². The van der Waals surface area contributed by atoms with E-state index in [1.54, 1.807) is 37.7 Å². The van der Waals surface area contributed by atoms with E-state index >= 15 is 0 Å². The lowest BCUT2D eigenvalue weighted by Crippen LogP contribution is -2.06. The van der Waals surface area contributed by atoms with Crippen molar-refractivity contribution in [2.75, 3.05) is 20.0 Å². The van der Waals surface area contributed by atoms with Crippen molar-refractivity contribution in [2.24, 2.45) is 7.05 Å².